The van der Waals surface area contributed by atoms with Crippen molar-refractivity contribution >= 4 is 51.7 Å². The molecule has 2 saturated heterocycles. The van der Waals surface area contributed by atoms with Gasteiger partial charge in [-0.3, -0.25) is 18.9 Å². The number of piperidine rings is 1. The number of rotatable bonds is 4. The van der Waals surface area contributed by atoms with E-state index in [1.807, 2.05) is 56.3 Å². The predicted octanol–water partition coefficient (Wildman–Crippen LogP) is 4.96. The Morgan fingerprint density at radius 3 is 2.53 bits per heavy atom. The number of nitrogens with zero attached hydrogens (tertiary/aromatic N) is 4. The van der Waals surface area contributed by atoms with Crippen molar-refractivity contribution in [3.63, 3.8) is 0 Å². The number of aryl methyl sites for hydroxylation is 1. The van der Waals surface area contributed by atoms with E-state index in [1.165, 1.54) is 18.2 Å². The van der Waals surface area contributed by atoms with Gasteiger partial charge in [-0.1, -0.05) is 60.4 Å². The van der Waals surface area contributed by atoms with Gasteiger partial charge in [-0.2, -0.15) is 0 Å². The SMILES string of the molecule is Cc1ccc2nc(N3CCCCC3)c(/C=C3\SC(=S)N([C@H](C)c4ccccc4)C3=O)c(=O)n2c1. The standard InChI is InChI=1S/C26H26N4O2S2/c1-17-11-12-22-27-23(28-13-7-4-8-14-28)20(24(31)29(22)16-17)15-21-25(32)30(26(33)34-21)18(2)19-9-5-3-6-10-19/h3,5-6,9-12,15-16,18H,4,7-8,13-14H2,1-2H3/b21-15-/t18-/m1/s1. The van der Waals surface area contributed by atoms with Crippen molar-refractivity contribution in [2.45, 2.75) is 39.2 Å². The molecular weight excluding hydrogens is 464 g/mol. The minimum absolute atomic E-state index is 0.171. The molecule has 0 spiro atoms. The summed E-state index contributed by atoms with van der Waals surface area (Å²) in [6.07, 6.45) is 6.79. The molecule has 0 bridgehead atoms. The van der Waals surface area contributed by atoms with Gasteiger partial charge in [-0.25, -0.2) is 4.98 Å². The number of amides is 1. The van der Waals surface area contributed by atoms with Crippen LogP contribution in [-0.2, 0) is 4.79 Å². The summed E-state index contributed by atoms with van der Waals surface area (Å²) >= 11 is 6.84. The van der Waals surface area contributed by atoms with Crippen LogP contribution in [-0.4, -0.2) is 37.6 Å². The van der Waals surface area contributed by atoms with Gasteiger partial charge in [-0.05, 0) is 56.4 Å². The van der Waals surface area contributed by atoms with Crippen LogP contribution in [0.5, 0.6) is 0 Å². The molecule has 0 saturated carbocycles. The van der Waals surface area contributed by atoms with E-state index in [4.69, 9.17) is 17.2 Å². The van der Waals surface area contributed by atoms with Crippen LogP contribution >= 0.6 is 24.0 Å². The Hall–Kier alpha value is -2.97. The third kappa shape index (κ3) is 4.16. The van der Waals surface area contributed by atoms with Crippen LogP contribution in [0.25, 0.3) is 11.7 Å². The molecule has 2 aromatic heterocycles. The van der Waals surface area contributed by atoms with Gasteiger partial charge >= 0.3 is 0 Å². The van der Waals surface area contributed by atoms with Crippen LogP contribution in [0.4, 0.5) is 5.82 Å². The van der Waals surface area contributed by atoms with Crippen molar-refractivity contribution in [3.8, 4) is 0 Å². The molecule has 2 aliphatic rings. The molecule has 0 N–H and O–H groups in total. The maximum Gasteiger partial charge on any atom is 0.267 e. The highest BCUT2D eigenvalue weighted by molar-refractivity contribution is 8.26. The second-order valence-corrected chi connectivity index (χ2v) is 10.5. The molecule has 2 aliphatic heterocycles. The van der Waals surface area contributed by atoms with Crippen LogP contribution < -0.4 is 10.5 Å². The molecule has 1 atom stereocenters. The van der Waals surface area contributed by atoms with Crippen molar-refractivity contribution in [2.24, 2.45) is 0 Å². The Kier molecular flexibility index (Phi) is 6.27. The number of aromatic nitrogens is 2. The second kappa shape index (κ2) is 9.35. The zero-order valence-electron chi connectivity index (χ0n) is 19.2. The van der Waals surface area contributed by atoms with E-state index < -0.39 is 0 Å². The molecule has 1 amide bonds. The molecule has 0 aliphatic carbocycles. The molecule has 34 heavy (non-hydrogen) atoms. The lowest BCUT2D eigenvalue weighted by molar-refractivity contribution is -0.123. The lowest BCUT2D eigenvalue weighted by Gasteiger charge is -2.29. The minimum atomic E-state index is -0.195. The normalized spacial score (nSPS) is 18.8. The summed E-state index contributed by atoms with van der Waals surface area (Å²) in [5, 5.41) is 0. The number of carbonyl (C=O) groups is 1. The predicted molar refractivity (Wildman–Crippen MR) is 142 cm³/mol. The molecule has 174 valence electrons. The van der Waals surface area contributed by atoms with Gasteiger partial charge < -0.3 is 4.90 Å². The van der Waals surface area contributed by atoms with E-state index in [-0.39, 0.29) is 17.5 Å². The van der Waals surface area contributed by atoms with Crippen LogP contribution in [0.1, 0.15) is 48.9 Å². The van der Waals surface area contributed by atoms with Crippen LogP contribution in [0.3, 0.4) is 0 Å². The first-order valence-electron chi connectivity index (χ1n) is 11.5. The Bertz CT molecular complexity index is 1360. The number of thioether (sulfide) groups is 1. The number of anilines is 1. The van der Waals surface area contributed by atoms with Gasteiger partial charge in [-0.15, -0.1) is 0 Å². The summed E-state index contributed by atoms with van der Waals surface area (Å²) in [6, 6.07) is 13.5. The fraction of sp³-hybridized carbons (Fsp3) is 0.308. The molecule has 2 fully saturated rings. The van der Waals surface area contributed by atoms with E-state index in [9.17, 15) is 9.59 Å². The van der Waals surface area contributed by atoms with Crippen LogP contribution in [0.2, 0.25) is 0 Å². The van der Waals surface area contributed by atoms with Gasteiger partial charge in [0, 0.05) is 19.3 Å². The van der Waals surface area contributed by atoms with Gasteiger partial charge in [0.1, 0.15) is 15.8 Å². The number of fused-ring (bicyclic) bond motifs is 1. The molecule has 5 rings (SSSR count). The second-order valence-electron chi connectivity index (χ2n) is 8.77. The van der Waals surface area contributed by atoms with E-state index in [0.717, 1.165) is 37.1 Å². The highest BCUT2D eigenvalue weighted by Gasteiger charge is 2.36. The summed E-state index contributed by atoms with van der Waals surface area (Å²) in [5.41, 5.74) is 2.86. The Labute approximate surface area is 208 Å². The lowest BCUT2D eigenvalue weighted by Crippen LogP contribution is -2.34. The number of benzene rings is 1. The first-order chi connectivity index (χ1) is 16.4. The highest BCUT2D eigenvalue weighted by atomic mass is 32.2. The smallest absolute Gasteiger partial charge is 0.267 e. The first-order valence-corrected chi connectivity index (χ1v) is 12.8. The summed E-state index contributed by atoms with van der Waals surface area (Å²) < 4.78 is 2.07. The fourth-order valence-electron chi connectivity index (χ4n) is 4.55. The fourth-order valence-corrected chi connectivity index (χ4v) is 5.95. The minimum Gasteiger partial charge on any atom is -0.356 e. The monoisotopic (exact) mass is 490 g/mol. The third-order valence-corrected chi connectivity index (χ3v) is 7.74. The summed E-state index contributed by atoms with van der Waals surface area (Å²) in [7, 11) is 0. The molecule has 1 aromatic carbocycles. The molecule has 0 unspecified atom stereocenters. The van der Waals surface area contributed by atoms with Crippen molar-refractivity contribution in [3.05, 3.63) is 80.6 Å². The average Bonchev–Trinajstić information content (AvgIpc) is 3.14. The maximum absolute atomic E-state index is 13.6. The number of hydrogen-bond donors (Lipinski definition) is 0. The molecule has 4 heterocycles. The number of hydrogen-bond acceptors (Lipinski definition) is 6. The van der Waals surface area contributed by atoms with Crippen molar-refractivity contribution in [1.82, 2.24) is 14.3 Å². The molecule has 8 heteroatoms. The topological polar surface area (TPSA) is 57.9 Å². The maximum atomic E-state index is 13.6. The van der Waals surface area contributed by atoms with Crippen LogP contribution in [0, 0.1) is 6.92 Å². The van der Waals surface area contributed by atoms with E-state index in [2.05, 4.69) is 4.90 Å². The first kappa shape index (κ1) is 22.8. The molecule has 3 aromatic rings. The Balaban J connectivity index is 1.60. The van der Waals surface area contributed by atoms with E-state index in [0.29, 0.717) is 26.3 Å². The Morgan fingerprint density at radius 1 is 1.06 bits per heavy atom. The van der Waals surface area contributed by atoms with Crippen molar-refractivity contribution in [2.75, 3.05) is 18.0 Å². The van der Waals surface area contributed by atoms with Gasteiger partial charge in [0.25, 0.3) is 11.5 Å². The molecule has 0 radical (unpaired) electrons. The van der Waals surface area contributed by atoms with Gasteiger partial charge in [0.2, 0.25) is 0 Å². The van der Waals surface area contributed by atoms with Crippen molar-refractivity contribution < 1.29 is 4.79 Å². The zero-order chi connectivity index (χ0) is 23.8. The summed E-state index contributed by atoms with van der Waals surface area (Å²) in [5.74, 6) is 0.472. The number of thiocarbonyl (C=S) groups is 1. The Morgan fingerprint density at radius 2 is 1.79 bits per heavy atom. The van der Waals surface area contributed by atoms with E-state index in [1.54, 1.807) is 21.6 Å². The largest absolute Gasteiger partial charge is 0.356 e. The summed E-state index contributed by atoms with van der Waals surface area (Å²) in [6.45, 7) is 5.61. The number of pyridine rings is 1. The van der Waals surface area contributed by atoms with Crippen molar-refractivity contribution in [1.29, 1.82) is 0 Å². The molecule has 6 nitrogen and oxygen atoms in total. The number of carbonyl (C=O) groups excluding carboxylic acids is 1. The molecular formula is C26H26N4O2S2. The zero-order valence-corrected chi connectivity index (χ0v) is 20.9. The van der Waals surface area contributed by atoms with Crippen LogP contribution in [0.15, 0.2) is 58.4 Å². The third-order valence-electron chi connectivity index (χ3n) is 6.41. The average molecular weight is 491 g/mol. The van der Waals surface area contributed by atoms with Gasteiger partial charge in [0.15, 0.2) is 0 Å². The quantitative estimate of drug-likeness (QED) is 0.381. The highest BCUT2D eigenvalue weighted by Crippen LogP contribution is 2.38. The summed E-state index contributed by atoms with van der Waals surface area (Å²) in [4.78, 5) is 36.2. The van der Waals surface area contributed by atoms with Gasteiger partial charge in [0.05, 0.1) is 16.5 Å². The lowest BCUT2D eigenvalue weighted by atomic mass is 10.1. The van der Waals surface area contributed by atoms with E-state index >= 15 is 0 Å².